The minimum Gasteiger partial charge on any atom is -0.383 e. The van der Waals surface area contributed by atoms with Crippen molar-refractivity contribution in [2.75, 3.05) is 24.7 Å². The monoisotopic (exact) mass is 258 g/mol. The molecule has 0 spiro atoms. The third kappa shape index (κ3) is 2.89. The lowest BCUT2D eigenvalue weighted by atomic mass is 10.1. The van der Waals surface area contributed by atoms with E-state index in [1.165, 1.54) is 5.69 Å². The van der Waals surface area contributed by atoms with Crippen LogP contribution in [0, 0.1) is 5.92 Å². The van der Waals surface area contributed by atoms with Crippen molar-refractivity contribution in [3.63, 3.8) is 0 Å². The van der Waals surface area contributed by atoms with Crippen LogP contribution in [0.2, 0.25) is 0 Å². The molecule has 2 aromatic rings. The van der Waals surface area contributed by atoms with Gasteiger partial charge >= 0.3 is 0 Å². The lowest BCUT2D eigenvalue weighted by Gasteiger charge is -2.12. The minimum atomic E-state index is 0.556. The van der Waals surface area contributed by atoms with E-state index in [0.717, 1.165) is 23.6 Å². The number of aromatic nitrogens is 2. The molecule has 1 aromatic heterocycles. The molecule has 0 bridgehead atoms. The molecule has 1 heterocycles. The topological polar surface area (TPSA) is 47.1 Å². The lowest BCUT2D eigenvalue weighted by Crippen LogP contribution is -2.08. The van der Waals surface area contributed by atoms with Gasteiger partial charge in [-0.15, -0.1) is 0 Å². The average molecular weight is 258 g/mol. The zero-order valence-corrected chi connectivity index (χ0v) is 12.1. The second kappa shape index (κ2) is 5.34. The molecule has 0 aliphatic rings. The highest BCUT2D eigenvalue weighted by atomic mass is 15.1. The van der Waals surface area contributed by atoms with E-state index in [1.807, 2.05) is 25.0 Å². The largest absolute Gasteiger partial charge is 0.383 e. The Hall–Kier alpha value is -1.97. The Morgan fingerprint density at radius 2 is 1.84 bits per heavy atom. The molecule has 0 amide bonds. The maximum Gasteiger partial charge on any atom is 0.131 e. The summed E-state index contributed by atoms with van der Waals surface area (Å²) >= 11 is 0. The second-order valence-electron chi connectivity index (χ2n) is 5.47. The summed E-state index contributed by atoms with van der Waals surface area (Å²) in [7, 11) is 4.06. The maximum atomic E-state index is 6.17. The van der Waals surface area contributed by atoms with Crippen LogP contribution in [-0.4, -0.2) is 23.6 Å². The van der Waals surface area contributed by atoms with E-state index in [9.17, 15) is 0 Å². The molecule has 2 N–H and O–H groups in total. The number of anilines is 2. The number of imidazole rings is 1. The zero-order chi connectivity index (χ0) is 14.0. The third-order valence-electron chi connectivity index (χ3n) is 3.10. The Labute approximate surface area is 114 Å². The van der Waals surface area contributed by atoms with E-state index in [1.54, 1.807) is 0 Å². The highest BCUT2D eigenvalue weighted by Gasteiger charge is 2.10. The molecule has 0 saturated heterocycles. The number of nitrogen functional groups attached to an aromatic ring is 1. The van der Waals surface area contributed by atoms with Gasteiger partial charge in [-0.1, -0.05) is 26.0 Å². The first-order chi connectivity index (χ1) is 8.99. The van der Waals surface area contributed by atoms with Gasteiger partial charge in [-0.25, -0.2) is 4.98 Å². The molecule has 4 heteroatoms. The average Bonchev–Trinajstić information content (AvgIpc) is 2.70. The van der Waals surface area contributed by atoms with Crippen molar-refractivity contribution >= 4 is 11.5 Å². The fourth-order valence-corrected chi connectivity index (χ4v) is 2.07. The summed E-state index contributed by atoms with van der Waals surface area (Å²) in [6.07, 6.45) is 1.82. The first-order valence-corrected chi connectivity index (χ1v) is 6.57. The van der Waals surface area contributed by atoms with Crippen LogP contribution >= 0.6 is 0 Å². The summed E-state index contributed by atoms with van der Waals surface area (Å²) in [6.45, 7) is 5.24. The molecule has 0 saturated carbocycles. The van der Waals surface area contributed by atoms with E-state index in [2.05, 4.69) is 48.0 Å². The van der Waals surface area contributed by atoms with Gasteiger partial charge in [-0.2, -0.15) is 0 Å². The molecule has 0 atom stereocenters. The van der Waals surface area contributed by atoms with Crippen LogP contribution in [0.4, 0.5) is 11.5 Å². The molecule has 0 fully saturated rings. The van der Waals surface area contributed by atoms with Crippen LogP contribution in [0.1, 0.15) is 13.8 Å². The summed E-state index contributed by atoms with van der Waals surface area (Å²) in [5.74, 6) is 1.30. The zero-order valence-electron chi connectivity index (χ0n) is 12.1. The quantitative estimate of drug-likeness (QED) is 0.917. The van der Waals surface area contributed by atoms with Crippen LogP contribution in [0.5, 0.6) is 0 Å². The van der Waals surface area contributed by atoms with Crippen LogP contribution in [0.25, 0.3) is 11.3 Å². The fraction of sp³-hybridized carbons (Fsp3) is 0.400. The molecule has 2 rings (SSSR count). The number of nitrogens with zero attached hydrogens (tertiary/aromatic N) is 3. The summed E-state index contributed by atoms with van der Waals surface area (Å²) in [4.78, 5) is 6.51. The normalized spacial score (nSPS) is 11.0. The molecule has 0 aliphatic carbocycles. The Bertz CT molecular complexity index is 538. The molecule has 4 nitrogen and oxygen atoms in total. The van der Waals surface area contributed by atoms with Gasteiger partial charge in [-0.05, 0) is 18.1 Å². The molecular formula is C15H22N4. The number of benzene rings is 1. The lowest BCUT2D eigenvalue weighted by molar-refractivity contribution is 0.527. The van der Waals surface area contributed by atoms with Crippen LogP contribution in [0.15, 0.2) is 30.6 Å². The molecule has 19 heavy (non-hydrogen) atoms. The van der Waals surface area contributed by atoms with E-state index < -0.39 is 0 Å². The number of rotatable bonds is 4. The standard InChI is InChI=1S/C15H22N4/c1-11(2)9-19-10-17-14(15(19)16)12-5-7-13(8-6-12)18(3)4/h5-8,10-11H,9,16H2,1-4H3. The maximum absolute atomic E-state index is 6.17. The Morgan fingerprint density at radius 3 is 2.37 bits per heavy atom. The Balaban J connectivity index is 2.29. The summed E-state index contributed by atoms with van der Waals surface area (Å²) in [5, 5.41) is 0. The molecule has 0 radical (unpaired) electrons. The van der Waals surface area contributed by atoms with Crippen molar-refractivity contribution in [1.82, 2.24) is 9.55 Å². The SMILES string of the molecule is CC(C)Cn1cnc(-c2ccc(N(C)C)cc2)c1N. The molecular weight excluding hydrogens is 236 g/mol. The second-order valence-corrected chi connectivity index (χ2v) is 5.47. The van der Waals surface area contributed by atoms with Gasteiger partial charge < -0.3 is 15.2 Å². The van der Waals surface area contributed by atoms with Crippen molar-refractivity contribution in [3.05, 3.63) is 30.6 Å². The van der Waals surface area contributed by atoms with Gasteiger partial charge in [0.1, 0.15) is 11.5 Å². The summed E-state index contributed by atoms with van der Waals surface area (Å²) in [5.41, 5.74) is 9.27. The van der Waals surface area contributed by atoms with E-state index >= 15 is 0 Å². The molecule has 1 aromatic carbocycles. The molecule has 0 unspecified atom stereocenters. The van der Waals surface area contributed by atoms with Gasteiger partial charge in [-0.3, -0.25) is 0 Å². The van der Waals surface area contributed by atoms with Crippen molar-refractivity contribution in [2.45, 2.75) is 20.4 Å². The van der Waals surface area contributed by atoms with Crippen LogP contribution in [-0.2, 0) is 6.54 Å². The van der Waals surface area contributed by atoms with E-state index in [0.29, 0.717) is 5.92 Å². The fourth-order valence-electron chi connectivity index (χ4n) is 2.07. The van der Waals surface area contributed by atoms with Crippen LogP contribution in [0.3, 0.4) is 0 Å². The predicted molar refractivity (Wildman–Crippen MR) is 81.2 cm³/mol. The highest BCUT2D eigenvalue weighted by Crippen LogP contribution is 2.26. The van der Waals surface area contributed by atoms with Gasteiger partial charge in [0.05, 0.1) is 6.33 Å². The van der Waals surface area contributed by atoms with Crippen molar-refractivity contribution in [2.24, 2.45) is 5.92 Å². The van der Waals surface area contributed by atoms with Gasteiger partial charge in [0.25, 0.3) is 0 Å². The van der Waals surface area contributed by atoms with Gasteiger partial charge in [0, 0.05) is 31.9 Å². The van der Waals surface area contributed by atoms with E-state index in [4.69, 9.17) is 5.73 Å². The smallest absolute Gasteiger partial charge is 0.131 e. The van der Waals surface area contributed by atoms with E-state index in [-0.39, 0.29) is 0 Å². The van der Waals surface area contributed by atoms with Gasteiger partial charge in [0.15, 0.2) is 0 Å². The first-order valence-electron chi connectivity index (χ1n) is 6.57. The Morgan fingerprint density at radius 1 is 1.21 bits per heavy atom. The van der Waals surface area contributed by atoms with Crippen molar-refractivity contribution < 1.29 is 0 Å². The van der Waals surface area contributed by atoms with Crippen molar-refractivity contribution in [3.8, 4) is 11.3 Å². The van der Waals surface area contributed by atoms with Crippen molar-refractivity contribution in [1.29, 1.82) is 0 Å². The summed E-state index contributed by atoms with van der Waals surface area (Å²) in [6, 6.07) is 8.29. The molecule has 0 aliphatic heterocycles. The number of hydrogen-bond acceptors (Lipinski definition) is 3. The predicted octanol–water partition coefficient (Wildman–Crippen LogP) is 2.85. The highest BCUT2D eigenvalue weighted by molar-refractivity contribution is 5.71. The number of hydrogen-bond donors (Lipinski definition) is 1. The Kier molecular flexibility index (Phi) is 3.79. The first kappa shape index (κ1) is 13.5. The third-order valence-corrected chi connectivity index (χ3v) is 3.10. The minimum absolute atomic E-state index is 0.556. The van der Waals surface area contributed by atoms with Gasteiger partial charge in [0.2, 0.25) is 0 Å². The summed E-state index contributed by atoms with van der Waals surface area (Å²) < 4.78 is 2.01. The number of nitrogens with two attached hydrogens (primary N) is 1. The van der Waals surface area contributed by atoms with Crippen LogP contribution < -0.4 is 10.6 Å². The molecule has 102 valence electrons.